The summed E-state index contributed by atoms with van der Waals surface area (Å²) in [7, 11) is 0. The largest absolute Gasteiger partial charge is 0.278 e. The van der Waals surface area contributed by atoms with Crippen LogP contribution in [0.4, 0.5) is 10.8 Å². The molecule has 0 aliphatic carbocycles. The summed E-state index contributed by atoms with van der Waals surface area (Å²) in [5, 5.41) is 0.595. The number of carbonyl (C=O) groups excluding carboxylic acids is 3. The maximum absolute atomic E-state index is 13.7. The molecule has 2 aromatic heterocycles. The number of nitrogens with zero attached hydrogens (tertiary/aromatic N) is 4. The fourth-order valence-electron chi connectivity index (χ4n) is 4.19. The van der Waals surface area contributed by atoms with Crippen LogP contribution in [-0.4, -0.2) is 27.7 Å². The van der Waals surface area contributed by atoms with Crippen molar-refractivity contribution in [2.45, 2.75) is 39.2 Å². The van der Waals surface area contributed by atoms with Crippen molar-refractivity contribution in [3.05, 3.63) is 83.7 Å². The zero-order valence-electron chi connectivity index (χ0n) is 19.5. The van der Waals surface area contributed by atoms with E-state index in [4.69, 9.17) is 4.98 Å². The van der Waals surface area contributed by atoms with Gasteiger partial charge in [-0.05, 0) is 53.9 Å². The van der Waals surface area contributed by atoms with Gasteiger partial charge in [0.25, 0.3) is 5.91 Å². The minimum absolute atomic E-state index is 0.216. The molecule has 0 saturated carbocycles. The van der Waals surface area contributed by atoms with E-state index in [0.29, 0.717) is 22.3 Å². The molecular weight excluding hydrogens is 460 g/mol. The predicted molar refractivity (Wildman–Crippen MR) is 137 cm³/mol. The number of fused-ring (bicyclic) bond motifs is 1. The number of amides is 3. The van der Waals surface area contributed by atoms with Crippen molar-refractivity contribution in [2.24, 2.45) is 0 Å². The molecular formula is C27H24N4O3S. The molecule has 0 unspecified atom stereocenters. The molecule has 0 atom stereocenters. The first-order valence-corrected chi connectivity index (χ1v) is 12.3. The third kappa shape index (κ3) is 4.44. The van der Waals surface area contributed by atoms with Gasteiger partial charge in [-0.15, -0.1) is 0 Å². The summed E-state index contributed by atoms with van der Waals surface area (Å²) in [4.78, 5) is 50.0. The van der Waals surface area contributed by atoms with Crippen LogP contribution in [0.2, 0.25) is 0 Å². The van der Waals surface area contributed by atoms with Crippen molar-refractivity contribution in [3.8, 4) is 0 Å². The van der Waals surface area contributed by atoms with Gasteiger partial charge in [-0.25, -0.2) is 4.98 Å². The molecule has 5 rings (SSSR count). The Morgan fingerprint density at radius 1 is 1.00 bits per heavy atom. The lowest BCUT2D eigenvalue weighted by Gasteiger charge is -2.20. The van der Waals surface area contributed by atoms with E-state index < -0.39 is 0 Å². The second-order valence-electron chi connectivity index (χ2n) is 8.73. The number of hydrogen-bond donors (Lipinski definition) is 0. The van der Waals surface area contributed by atoms with Crippen LogP contribution < -0.4 is 9.80 Å². The average molecular weight is 485 g/mol. The normalized spacial score (nSPS) is 13.7. The van der Waals surface area contributed by atoms with Crippen molar-refractivity contribution >= 4 is 50.1 Å². The van der Waals surface area contributed by atoms with Crippen molar-refractivity contribution < 1.29 is 14.4 Å². The van der Waals surface area contributed by atoms with E-state index in [1.807, 2.05) is 30.3 Å². The van der Waals surface area contributed by atoms with Gasteiger partial charge in [0.15, 0.2) is 5.13 Å². The van der Waals surface area contributed by atoms with Crippen molar-refractivity contribution in [3.63, 3.8) is 0 Å². The molecule has 3 amide bonds. The number of hydrogen-bond acceptors (Lipinski definition) is 6. The van der Waals surface area contributed by atoms with E-state index in [-0.39, 0.29) is 37.1 Å². The molecule has 2 aromatic carbocycles. The van der Waals surface area contributed by atoms with Gasteiger partial charge in [0, 0.05) is 24.6 Å². The van der Waals surface area contributed by atoms with E-state index in [1.54, 1.807) is 35.4 Å². The Balaban J connectivity index is 1.52. The number of benzene rings is 2. The molecule has 4 aromatic rings. The monoisotopic (exact) mass is 484 g/mol. The molecule has 35 heavy (non-hydrogen) atoms. The lowest BCUT2D eigenvalue weighted by atomic mass is 10.0. The van der Waals surface area contributed by atoms with Gasteiger partial charge in [0.1, 0.15) is 0 Å². The van der Waals surface area contributed by atoms with Crippen LogP contribution in [0.3, 0.4) is 0 Å². The fraction of sp³-hybridized carbons (Fsp3) is 0.222. The van der Waals surface area contributed by atoms with Gasteiger partial charge in [-0.2, -0.15) is 0 Å². The second-order valence-corrected chi connectivity index (χ2v) is 9.74. The van der Waals surface area contributed by atoms with Crippen molar-refractivity contribution in [2.75, 3.05) is 9.80 Å². The standard InChI is InChI=1S/C27H24N4O3S/c1-17(2)21-7-5-8-22-25(21)29-27(35-22)30(16-19-6-3-4-15-28-19)26(34)18-9-11-20(12-10-18)31-23(32)13-14-24(31)33/h3-12,15,17H,13-14,16H2,1-2H3. The summed E-state index contributed by atoms with van der Waals surface area (Å²) in [6.45, 7) is 4.52. The van der Waals surface area contributed by atoms with Crippen LogP contribution in [0.5, 0.6) is 0 Å². The Labute approximate surface area is 207 Å². The number of anilines is 2. The molecule has 1 aliphatic heterocycles. The molecule has 0 radical (unpaired) electrons. The summed E-state index contributed by atoms with van der Waals surface area (Å²) >= 11 is 1.47. The average Bonchev–Trinajstić information content (AvgIpc) is 3.45. The molecule has 7 nitrogen and oxygen atoms in total. The SMILES string of the molecule is CC(C)c1cccc2sc(N(Cc3ccccn3)C(=O)c3ccc(N4C(=O)CCC4=O)cc3)nc12. The smallest absolute Gasteiger partial charge is 0.260 e. The minimum atomic E-state index is -0.230. The molecule has 1 saturated heterocycles. The van der Waals surface area contributed by atoms with E-state index in [2.05, 4.69) is 24.9 Å². The fourth-order valence-corrected chi connectivity index (χ4v) is 5.19. The molecule has 176 valence electrons. The molecule has 8 heteroatoms. The summed E-state index contributed by atoms with van der Waals surface area (Å²) < 4.78 is 1.02. The quantitative estimate of drug-likeness (QED) is 0.346. The van der Waals surface area contributed by atoms with Gasteiger partial charge in [0.2, 0.25) is 11.8 Å². The van der Waals surface area contributed by atoms with Crippen LogP contribution in [0.1, 0.15) is 54.2 Å². The molecule has 1 aliphatic rings. The summed E-state index contributed by atoms with van der Waals surface area (Å²) in [5.74, 6) is -0.369. The third-order valence-electron chi connectivity index (χ3n) is 6.01. The maximum Gasteiger partial charge on any atom is 0.260 e. The highest BCUT2D eigenvalue weighted by Crippen LogP contribution is 2.35. The summed E-state index contributed by atoms with van der Waals surface area (Å²) in [5.41, 5.74) is 3.70. The zero-order valence-corrected chi connectivity index (χ0v) is 20.3. The van der Waals surface area contributed by atoms with E-state index in [9.17, 15) is 14.4 Å². The first-order chi connectivity index (χ1) is 16.9. The van der Waals surface area contributed by atoms with Crippen LogP contribution in [0.15, 0.2) is 66.9 Å². The molecule has 0 N–H and O–H groups in total. The van der Waals surface area contributed by atoms with Gasteiger partial charge in [-0.3, -0.25) is 29.2 Å². The van der Waals surface area contributed by atoms with Crippen LogP contribution in [0, 0.1) is 0 Å². The highest BCUT2D eigenvalue weighted by molar-refractivity contribution is 7.22. The number of imide groups is 1. The summed E-state index contributed by atoms with van der Waals surface area (Å²) in [6.07, 6.45) is 2.13. The predicted octanol–water partition coefficient (Wildman–Crippen LogP) is 5.32. The van der Waals surface area contributed by atoms with Crippen LogP contribution >= 0.6 is 11.3 Å². The van der Waals surface area contributed by atoms with Gasteiger partial charge in [0.05, 0.1) is 28.1 Å². The van der Waals surface area contributed by atoms with Gasteiger partial charge >= 0.3 is 0 Å². The van der Waals surface area contributed by atoms with Crippen LogP contribution in [-0.2, 0) is 16.1 Å². The number of carbonyl (C=O) groups is 3. The van der Waals surface area contributed by atoms with Gasteiger partial charge in [-0.1, -0.05) is 43.4 Å². The Morgan fingerprint density at radius 2 is 1.74 bits per heavy atom. The maximum atomic E-state index is 13.7. The number of aromatic nitrogens is 2. The van der Waals surface area contributed by atoms with E-state index in [0.717, 1.165) is 21.5 Å². The topological polar surface area (TPSA) is 83.5 Å². The van der Waals surface area contributed by atoms with E-state index >= 15 is 0 Å². The Hall–Kier alpha value is -3.91. The van der Waals surface area contributed by atoms with Crippen molar-refractivity contribution in [1.29, 1.82) is 0 Å². The lowest BCUT2D eigenvalue weighted by Crippen LogP contribution is -2.31. The molecule has 0 spiro atoms. The number of thiazole rings is 1. The zero-order chi connectivity index (χ0) is 24.5. The molecule has 1 fully saturated rings. The third-order valence-corrected chi connectivity index (χ3v) is 7.05. The first kappa shape index (κ1) is 22.9. The van der Waals surface area contributed by atoms with Crippen molar-refractivity contribution in [1.82, 2.24) is 9.97 Å². The van der Waals surface area contributed by atoms with Gasteiger partial charge < -0.3 is 0 Å². The minimum Gasteiger partial charge on any atom is -0.278 e. The highest BCUT2D eigenvalue weighted by atomic mass is 32.1. The van der Waals surface area contributed by atoms with E-state index in [1.165, 1.54) is 16.2 Å². The summed E-state index contributed by atoms with van der Waals surface area (Å²) in [6, 6.07) is 18.3. The number of rotatable bonds is 6. The first-order valence-electron chi connectivity index (χ1n) is 11.5. The number of para-hydroxylation sites is 1. The Bertz CT molecular complexity index is 1400. The second kappa shape index (κ2) is 9.38. The molecule has 0 bridgehead atoms. The Kier molecular flexibility index (Phi) is 6.13. The molecule has 3 heterocycles. The lowest BCUT2D eigenvalue weighted by molar-refractivity contribution is -0.121. The van der Waals surface area contributed by atoms with Crippen LogP contribution in [0.25, 0.3) is 10.2 Å². The Morgan fingerprint density at radius 3 is 2.40 bits per heavy atom. The highest BCUT2D eigenvalue weighted by Gasteiger charge is 2.30. The number of pyridine rings is 1.